The van der Waals surface area contributed by atoms with Crippen molar-refractivity contribution in [2.75, 3.05) is 40.3 Å². The molecule has 1 heterocycles. The highest BCUT2D eigenvalue weighted by atomic mass is 16.5. The van der Waals surface area contributed by atoms with E-state index in [0.29, 0.717) is 23.3 Å². The molecule has 3 aromatic carbocycles. The lowest BCUT2D eigenvalue weighted by Gasteiger charge is -2.30. The van der Waals surface area contributed by atoms with Crippen molar-refractivity contribution in [1.29, 1.82) is 0 Å². The summed E-state index contributed by atoms with van der Waals surface area (Å²) in [5.41, 5.74) is 3.63. The van der Waals surface area contributed by atoms with Gasteiger partial charge in [0.1, 0.15) is 12.4 Å². The van der Waals surface area contributed by atoms with Crippen molar-refractivity contribution in [3.05, 3.63) is 113 Å². The van der Waals surface area contributed by atoms with Crippen LogP contribution in [0.25, 0.3) is 12.2 Å². The topological polar surface area (TPSA) is 49.9 Å². The first-order valence-corrected chi connectivity index (χ1v) is 11.7. The number of likely N-dealkylation sites (N-methyl/N-ethyl adjacent to an activating group) is 1. The average molecular weight is 467 g/mol. The van der Waals surface area contributed by atoms with Gasteiger partial charge >= 0.3 is 0 Å². The van der Waals surface area contributed by atoms with Crippen LogP contribution in [0.5, 0.6) is 5.75 Å². The van der Waals surface area contributed by atoms with Crippen LogP contribution in [0.3, 0.4) is 0 Å². The number of ketones is 1. The van der Waals surface area contributed by atoms with Crippen molar-refractivity contribution >= 4 is 23.8 Å². The van der Waals surface area contributed by atoms with Crippen molar-refractivity contribution in [2.45, 2.75) is 0 Å². The summed E-state index contributed by atoms with van der Waals surface area (Å²) in [5, 5.41) is 0. The van der Waals surface area contributed by atoms with Gasteiger partial charge in [0.25, 0.3) is 5.91 Å². The summed E-state index contributed by atoms with van der Waals surface area (Å²) >= 11 is 0. The summed E-state index contributed by atoms with van der Waals surface area (Å²) < 4.78 is 5.75. The standard InChI is InChI=1S/C30H30N2O3/c1-31(2)17-18-35-28-15-13-25(14-16-28)30(34)32-21-26(19-23-9-5-3-6-10-23)29(33)27(22-32)20-24-11-7-4-8-12-24/h3-16,19-20H,17-18,21-22H2,1-2H3/b26-19-,27-20+. The van der Waals surface area contributed by atoms with Gasteiger partial charge < -0.3 is 14.5 Å². The molecule has 0 aromatic heterocycles. The largest absolute Gasteiger partial charge is 0.492 e. The Morgan fingerprint density at radius 3 is 1.83 bits per heavy atom. The molecule has 1 amide bonds. The highest BCUT2D eigenvalue weighted by Crippen LogP contribution is 2.24. The number of ether oxygens (including phenoxy) is 1. The third-order valence-corrected chi connectivity index (χ3v) is 5.78. The Morgan fingerprint density at radius 2 is 1.34 bits per heavy atom. The molecule has 35 heavy (non-hydrogen) atoms. The normalized spacial score (nSPS) is 16.2. The van der Waals surface area contributed by atoms with Crippen LogP contribution in [0.4, 0.5) is 0 Å². The zero-order valence-corrected chi connectivity index (χ0v) is 20.2. The van der Waals surface area contributed by atoms with Crippen molar-refractivity contribution in [1.82, 2.24) is 9.80 Å². The molecule has 0 unspecified atom stereocenters. The van der Waals surface area contributed by atoms with Crippen LogP contribution in [-0.2, 0) is 4.79 Å². The minimum absolute atomic E-state index is 0.0219. The lowest BCUT2D eigenvalue weighted by atomic mass is 9.93. The van der Waals surface area contributed by atoms with Crippen LogP contribution in [0.15, 0.2) is 96.1 Å². The summed E-state index contributed by atoms with van der Waals surface area (Å²) in [7, 11) is 3.99. The van der Waals surface area contributed by atoms with Gasteiger partial charge in [-0.25, -0.2) is 0 Å². The van der Waals surface area contributed by atoms with Crippen LogP contribution in [0.2, 0.25) is 0 Å². The smallest absolute Gasteiger partial charge is 0.254 e. The Bertz CT molecular complexity index is 1150. The van der Waals surface area contributed by atoms with Crippen LogP contribution in [-0.4, -0.2) is 61.8 Å². The second kappa shape index (κ2) is 11.4. The number of amides is 1. The molecule has 3 aromatic rings. The second-order valence-electron chi connectivity index (χ2n) is 8.83. The van der Waals surface area contributed by atoms with Gasteiger partial charge in [-0.15, -0.1) is 0 Å². The van der Waals surface area contributed by atoms with Crippen LogP contribution in [0, 0.1) is 0 Å². The molecule has 0 atom stereocenters. The lowest BCUT2D eigenvalue weighted by Crippen LogP contribution is -2.41. The fourth-order valence-corrected chi connectivity index (χ4v) is 3.91. The third kappa shape index (κ3) is 6.55. The van der Waals surface area contributed by atoms with E-state index in [1.807, 2.05) is 99.0 Å². The fourth-order valence-electron chi connectivity index (χ4n) is 3.91. The van der Waals surface area contributed by atoms with E-state index >= 15 is 0 Å². The van der Waals surface area contributed by atoms with Gasteiger partial charge in [0.2, 0.25) is 0 Å². The number of hydrogen-bond acceptors (Lipinski definition) is 4. The summed E-state index contributed by atoms with van der Waals surface area (Å²) in [4.78, 5) is 30.5. The number of carbonyl (C=O) groups is 2. The molecule has 1 aliphatic heterocycles. The van der Waals surface area contributed by atoms with E-state index in [1.165, 1.54) is 0 Å². The number of rotatable bonds is 7. The van der Waals surface area contributed by atoms with E-state index < -0.39 is 0 Å². The predicted molar refractivity (Wildman–Crippen MR) is 140 cm³/mol. The fraction of sp³-hybridized carbons (Fsp3) is 0.200. The van der Waals surface area contributed by atoms with Gasteiger partial charge in [0.15, 0.2) is 5.78 Å². The summed E-state index contributed by atoms with van der Waals surface area (Å²) in [6, 6.07) is 26.6. The number of Topliss-reactive ketones (excluding diaryl/α,β-unsaturated/α-hetero) is 1. The molecule has 4 rings (SSSR count). The molecule has 1 saturated heterocycles. The molecule has 5 nitrogen and oxygen atoms in total. The number of carbonyl (C=O) groups excluding carboxylic acids is 2. The van der Waals surface area contributed by atoms with Gasteiger partial charge in [-0.1, -0.05) is 60.7 Å². The quantitative estimate of drug-likeness (QED) is 0.469. The van der Waals surface area contributed by atoms with E-state index in [2.05, 4.69) is 4.90 Å². The SMILES string of the molecule is CN(C)CCOc1ccc(C(=O)N2C/C(=C/c3ccccc3)C(=O)/C(=C/c3ccccc3)C2)cc1. The van der Waals surface area contributed by atoms with Crippen LogP contribution in [0.1, 0.15) is 21.5 Å². The van der Waals surface area contributed by atoms with E-state index in [1.54, 1.807) is 17.0 Å². The van der Waals surface area contributed by atoms with Gasteiger partial charge in [0, 0.05) is 23.3 Å². The molecule has 1 fully saturated rings. The van der Waals surface area contributed by atoms with E-state index in [-0.39, 0.29) is 24.8 Å². The zero-order chi connectivity index (χ0) is 24.6. The van der Waals surface area contributed by atoms with Crippen LogP contribution < -0.4 is 4.74 Å². The minimum Gasteiger partial charge on any atom is -0.492 e. The van der Waals surface area contributed by atoms with Crippen molar-refractivity contribution in [3.63, 3.8) is 0 Å². The Morgan fingerprint density at radius 1 is 0.829 bits per heavy atom. The third-order valence-electron chi connectivity index (χ3n) is 5.78. The molecule has 0 aliphatic carbocycles. The Balaban J connectivity index is 1.58. The van der Waals surface area contributed by atoms with E-state index in [0.717, 1.165) is 23.4 Å². The highest BCUT2D eigenvalue weighted by molar-refractivity contribution is 6.15. The molecule has 178 valence electrons. The van der Waals surface area contributed by atoms with Crippen LogP contribution >= 0.6 is 0 Å². The van der Waals surface area contributed by atoms with Crippen molar-refractivity contribution < 1.29 is 14.3 Å². The summed E-state index contributed by atoms with van der Waals surface area (Å²) in [6.07, 6.45) is 3.75. The Kier molecular flexibility index (Phi) is 7.91. The monoisotopic (exact) mass is 466 g/mol. The Labute approximate surface area is 206 Å². The van der Waals surface area contributed by atoms with Gasteiger partial charge in [0.05, 0.1) is 13.1 Å². The first kappa shape index (κ1) is 24.2. The number of likely N-dealkylation sites (tertiary alicyclic amines) is 1. The molecule has 0 N–H and O–H groups in total. The number of benzene rings is 3. The second-order valence-corrected chi connectivity index (χ2v) is 8.83. The van der Waals surface area contributed by atoms with Gasteiger partial charge in [-0.3, -0.25) is 9.59 Å². The molecule has 0 spiro atoms. The highest BCUT2D eigenvalue weighted by Gasteiger charge is 2.29. The maximum absolute atomic E-state index is 13.4. The van der Waals surface area contributed by atoms with Crippen molar-refractivity contribution in [2.24, 2.45) is 0 Å². The van der Waals surface area contributed by atoms with Gasteiger partial charge in [-0.2, -0.15) is 0 Å². The molecule has 0 bridgehead atoms. The van der Waals surface area contributed by atoms with Crippen molar-refractivity contribution in [3.8, 4) is 5.75 Å². The lowest BCUT2D eigenvalue weighted by molar-refractivity contribution is -0.113. The average Bonchev–Trinajstić information content (AvgIpc) is 2.87. The first-order chi connectivity index (χ1) is 17.0. The van der Waals surface area contributed by atoms with E-state index in [9.17, 15) is 9.59 Å². The Hall–Kier alpha value is -3.96. The maximum Gasteiger partial charge on any atom is 0.254 e. The first-order valence-electron chi connectivity index (χ1n) is 11.7. The summed E-state index contributed by atoms with van der Waals surface area (Å²) in [5.74, 6) is 0.591. The molecule has 0 saturated carbocycles. The zero-order valence-electron chi connectivity index (χ0n) is 20.2. The minimum atomic E-state index is -0.115. The number of nitrogens with zero attached hydrogens (tertiary/aromatic N) is 2. The van der Waals surface area contributed by atoms with Gasteiger partial charge in [-0.05, 0) is 61.6 Å². The molecular weight excluding hydrogens is 436 g/mol. The number of piperidine rings is 1. The predicted octanol–water partition coefficient (Wildman–Crippen LogP) is 4.82. The maximum atomic E-state index is 13.4. The van der Waals surface area contributed by atoms with E-state index in [4.69, 9.17) is 4.74 Å². The molecule has 1 aliphatic rings. The summed E-state index contributed by atoms with van der Waals surface area (Å²) in [6.45, 7) is 1.92. The number of hydrogen-bond donors (Lipinski definition) is 0. The molecule has 0 radical (unpaired) electrons. The molecule has 5 heteroatoms. The molecular formula is C30H30N2O3.